The average molecular weight is 365 g/mol. The first-order valence-corrected chi connectivity index (χ1v) is 10.7. The Morgan fingerprint density at radius 2 is 1.19 bits per heavy atom. The highest BCUT2D eigenvalue weighted by Gasteiger charge is 2.10. The molecule has 0 spiro atoms. The summed E-state index contributed by atoms with van der Waals surface area (Å²) >= 11 is 0. The van der Waals surface area contributed by atoms with Crippen LogP contribution in [-0.2, 0) is 6.42 Å². The molecule has 0 aromatic heterocycles. The number of phenolic OH excluding ortho intramolecular Hbond substituents is 1. The molecule has 0 atom stereocenters. The van der Waals surface area contributed by atoms with Crippen LogP contribution in [0.4, 0.5) is 0 Å². The Hall–Kier alpha value is -1.38. The minimum absolute atomic E-state index is 0.257. The highest BCUT2D eigenvalue weighted by molar-refractivity contribution is 5.50. The van der Waals surface area contributed by atoms with Gasteiger partial charge in [-0.3, -0.25) is 0 Å². The quantitative estimate of drug-likeness (QED) is 0.320. The summed E-state index contributed by atoms with van der Waals surface area (Å²) in [4.78, 5) is 0. The van der Waals surface area contributed by atoms with Crippen molar-refractivity contribution in [3.63, 3.8) is 0 Å². The minimum atomic E-state index is 0.257. The van der Waals surface area contributed by atoms with E-state index in [4.69, 9.17) is 9.47 Å². The third-order valence-electron chi connectivity index (χ3n) is 5.13. The van der Waals surface area contributed by atoms with E-state index in [1.807, 2.05) is 6.07 Å². The van der Waals surface area contributed by atoms with E-state index in [2.05, 4.69) is 6.92 Å². The van der Waals surface area contributed by atoms with Gasteiger partial charge < -0.3 is 14.6 Å². The van der Waals surface area contributed by atoms with Crippen LogP contribution in [0.2, 0.25) is 0 Å². The molecule has 3 nitrogen and oxygen atoms in total. The van der Waals surface area contributed by atoms with Gasteiger partial charge in [0.2, 0.25) is 0 Å². The van der Waals surface area contributed by atoms with Crippen LogP contribution in [0.5, 0.6) is 17.2 Å². The number of aryl methyl sites for hydroxylation is 1. The van der Waals surface area contributed by atoms with Crippen LogP contribution in [0.15, 0.2) is 12.1 Å². The Balaban J connectivity index is 2.06. The van der Waals surface area contributed by atoms with Gasteiger partial charge in [0.15, 0.2) is 11.5 Å². The molecular weight excluding hydrogens is 324 g/mol. The molecule has 3 heteroatoms. The van der Waals surface area contributed by atoms with Crippen molar-refractivity contribution in [1.29, 1.82) is 0 Å². The Kier molecular flexibility index (Phi) is 12.9. The molecule has 0 saturated carbocycles. The van der Waals surface area contributed by atoms with Gasteiger partial charge in [0.05, 0.1) is 14.2 Å². The molecule has 0 fully saturated rings. The maximum absolute atomic E-state index is 10.2. The highest BCUT2D eigenvalue weighted by atomic mass is 16.5. The maximum Gasteiger partial charge on any atom is 0.164 e. The Morgan fingerprint density at radius 3 is 1.65 bits per heavy atom. The van der Waals surface area contributed by atoms with Crippen molar-refractivity contribution in [2.24, 2.45) is 0 Å². The van der Waals surface area contributed by atoms with Gasteiger partial charge >= 0.3 is 0 Å². The number of unbranched alkanes of at least 4 members (excludes halogenated alkanes) is 12. The topological polar surface area (TPSA) is 38.7 Å². The van der Waals surface area contributed by atoms with E-state index in [1.54, 1.807) is 20.3 Å². The van der Waals surface area contributed by atoms with Crippen molar-refractivity contribution in [3.8, 4) is 17.2 Å². The number of ether oxygens (including phenoxy) is 2. The van der Waals surface area contributed by atoms with E-state index < -0.39 is 0 Å². The molecule has 150 valence electrons. The largest absolute Gasteiger partial charge is 0.504 e. The standard InChI is InChI=1S/C23H40O3/c1-4-5-6-7-8-9-10-11-12-13-14-15-16-17-20-18-21(25-2)19-22(26-3)23(20)24/h18-19,24H,4-17H2,1-3H3. The molecular formula is C23H40O3. The molecule has 1 rings (SSSR count). The summed E-state index contributed by atoms with van der Waals surface area (Å²) in [6, 6.07) is 3.64. The zero-order chi connectivity index (χ0) is 19.0. The van der Waals surface area contributed by atoms with Crippen molar-refractivity contribution >= 4 is 0 Å². The highest BCUT2D eigenvalue weighted by Crippen LogP contribution is 2.35. The number of phenols is 1. The summed E-state index contributed by atoms with van der Waals surface area (Å²) in [6.07, 6.45) is 18.4. The summed E-state index contributed by atoms with van der Waals surface area (Å²) in [5.41, 5.74) is 0.921. The zero-order valence-electron chi connectivity index (χ0n) is 17.3. The number of benzene rings is 1. The molecule has 26 heavy (non-hydrogen) atoms. The van der Waals surface area contributed by atoms with Gasteiger partial charge in [-0.2, -0.15) is 0 Å². The van der Waals surface area contributed by atoms with E-state index in [9.17, 15) is 5.11 Å². The molecule has 1 N–H and O–H groups in total. The molecule has 0 unspecified atom stereocenters. The number of hydrogen-bond donors (Lipinski definition) is 1. The molecule has 0 radical (unpaired) electrons. The first-order valence-electron chi connectivity index (χ1n) is 10.7. The summed E-state index contributed by atoms with van der Waals surface area (Å²) < 4.78 is 10.5. The minimum Gasteiger partial charge on any atom is -0.504 e. The molecule has 0 aliphatic rings. The molecule has 0 heterocycles. The monoisotopic (exact) mass is 364 g/mol. The molecule has 0 saturated heterocycles. The van der Waals surface area contributed by atoms with Crippen LogP contribution in [-0.4, -0.2) is 19.3 Å². The number of aromatic hydroxyl groups is 1. The number of rotatable bonds is 16. The molecule has 0 bridgehead atoms. The second kappa shape index (κ2) is 14.8. The Morgan fingerprint density at radius 1 is 0.692 bits per heavy atom. The molecule has 1 aromatic carbocycles. The van der Waals surface area contributed by atoms with Crippen molar-refractivity contribution in [2.75, 3.05) is 14.2 Å². The van der Waals surface area contributed by atoms with Crippen LogP contribution >= 0.6 is 0 Å². The van der Waals surface area contributed by atoms with Gasteiger partial charge in [0.25, 0.3) is 0 Å². The summed E-state index contributed by atoms with van der Waals surface area (Å²) in [5.74, 6) is 1.49. The lowest BCUT2D eigenvalue weighted by atomic mass is 10.0. The third-order valence-corrected chi connectivity index (χ3v) is 5.13. The fraction of sp³-hybridized carbons (Fsp3) is 0.739. The fourth-order valence-corrected chi connectivity index (χ4v) is 3.43. The van der Waals surface area contributed by atoms with E-state index in [1.165, 1.54) is 77.0 Å². The molecule has 1 aromatic rings. The Labute approximate surface area is 161 Å². The second-order valence-corrected chi connectivity index (χ2v) is 7.33. The fourth-order valence-electron chi connectivity index (χ4n) is 3.43. The first-order chi connectivity index (χ1) is 12.7. The van der Waals surface area contributed by atoms with Gasteiger partial charge in [-0.05, 0) is 18.9 Å². The van der Waals surface area contributed by atoms with Crippen molar-refractivity contribution in [1.82, 2.24) is 0 Å². The lowest BCUT2D eigenvalue weighted by Crippen LogP contribution is -1.94. The van der Waals surface area contributed by atoms with E-state index in [0.717, 1.165) is 24.2 Å². The molecule has 0 aliphatic carbocycles. The lowest BCUT2D eigenvalue weighted by molar-refractivity contribution is 0.360. The van der Waals surface area contributed by atoms with Crippen molar-refractivity contribution in [3.05, 3.63) is 17.7 Å². The lowest BCUT2D eigenvalue weighted by Gasteiger charge is -2.11. The second-order valence-electron chi connectivity index (χ2n) is 7.33. The number of methoxy groups -OCH3 is 2. The smallest absolute Gasteiger partial charge is 0.164 e. The third kappa shape index (κ3) is 9.35. The van der Waals surface area contributed by atoms with Crippen LogP contribution in [0.3, 0.4) is 0 Å². The number of hydrogen-bond acceptors (Lipinski definition) is 3. The van der Waals surface area contributed by atoms with E-state index in [-0.39, 0.29) is 5.75 Å². The first kappa shape index (κ1) is 22.7. The van der Waals surface area contributed by atoms with Gasteiger partial charge in [-0.15, -0.1) is 0 Å². The Bertz CT molecular complexity index is 471. The SMILES string of the molecule is CCCCCCCCCCCCCCCc1cc(OC)cc(OC)c1O. The predicted octanol–water partition coefficient (Wildman–Crippen LogP) is 7.04. The van der Waals surface area contributed by atoms with Gasteiger partial charge in [-0.1, -0.05) is 84.0 Å². The molecule has 0 aliphatic heterocycles. The summed E-state index contributed by atoms with van der Waals surface area (Å²) in [7, 11) is 3.21. The van der Waals surface area contributed by atoms with Crippen LogP contribution < -0.4 is 9.47 Å². The van der Waals surface area contributed by atoms with Crippen molar-refractivity contribution < 1.29 is 14.6 Å². The van der Waals surface area contributed by atoms with Gasteiger partial charge in [0.1, 0.15) is 5.75 Å². The van der Waals surface area contributed by atoms with Crippen LogP contribution in [0.25, 0.3) is 0 Å². The summed E-state index contributed by atoms with van der Waals surface area (Å²) in [5, 5.41) is 10.2. The normalized spacial score (nSPS) is 10.9. The van der Waals surface area contributed by atoms with Gasteiger partial charge in [-0.25, -0.2) is 0 Å². The predicted molar refractivity (Wildman–Crippen MR) is 111 cm³/mol. The van der Waals surface area contributed by atoms with Crippen molar-refractivity contribution in [2.45, 2.75) is 96.8 Å². The van der Waals surface area contributed by atoms with E-state index >= 15 is 0 Å². The molecule has 0 amide bonds. The van der Waals surface area contributed by atoms with Gasteiger partial charge in [0, 0.05) is 11.6 Å². The maximum atomic E-state index is 10.2. The summed E-state index contributed by atoms with van der Waals surface area (Å²) in [6.45, 7) is 2.27. The van der Waals surface area contributed by atoms with E-state index in [0.29, 0.717) is 5.75 Å². The van der Waals surface area contributed by atoms with Crippen LogP contribution in [0, 0.1) is 0 Å². The van der Waals surface area contributed by atoms with Crippen LogP contribution in [0.1, 0.15) is 96.0 Å². The zero-order valence-corrected chi connectivity index (χ0v) is 17.3. The average Bonchev–Trinajstić information content (AvgIpc) is 2.66.